The van der Waals surface area contributed by atoms with E-state index in [4.69, 9.17) is 4.74 Å². The highest BCUT2D eigenvalue weighted by Gasteiger charge is 2.12. The molecule has 0 radical (unpaired) electrons. The molecule has 1 N–H and O–H groups in total. The molecule has 1 heterocycles. The molecule has 0 saturated carbocycles. The Morgan fingerprint density at radius 2 is 2.44 bits per heavy atom. The van der Waals surface area contributed by atoms with Crippen molar-refractivity contribution >= 4 is 12.4 Å². The highest BCUT2D eigenvalue weighted by molar-refractivity contribution is 5.85. The van der Waals surface area contributed by atoms with E-state index in [0.717, 1.165) is 19.8 Å². The SMILES string of the molecule is CCN[C@H]1CCOC1.Cl. The number of nitrogens with one attached hydrogen (secondary N) is 1. The smallest absolute Gasteiger partial charge is 0.0620 e. The molecule has 1 atom stereocenters. The Morgan fingerprint density at radius 1 is 1.67 bits per heavy atom. The predicted molar refractivity (Wildman–Crippen MR) is 40.1 cm³/mol. The molecule has 0 aliphatic carbocycles. The summed E-state index contributed by atoms with van der Waals surface area (Å²) in [4.78, 5) is 0. The zero-order valence-electron chi connectivity index (χ0n) is 5.72. The third kappa shape index (κ3) is 3.04. The largest absolute Gasteiger partial charge is 0.380 e. The van der Waals surface area contributed by atoms with Crippen molar-refractivity contribution in [3.63, 3.8) is 0 Å². The molecule has 1 aliphatic rings. The molecule has 0 spiro atoms. The molecule has 0 unspecified atom stereocenters. The van der Waals surface area contributed by atoms with Crippen molar-refractivity contribution < 1.29 is 4.74 Å². The third-order valence-electron chi connectivity index (χ3n) is 1.42. The Labute approximate surface area is 62.4 Å². The molecule has 0 aromatic rings. The first-order chi connectivity index (χ1) is 3.93. The summed E-state index contributed by atoms with van der Waals surface area (Å²) in [6.07, 6.45) is 1.19. The van der Waals surface area contributed by atoms with Gasteiger partial charge in [0.2, 0.25) is 0 Å². The zero-order valence-corrected chi connectivity index (χ0v) is 6.54. The Kier molecular flexibility index (Phi) is 5.15. The van der Waals surface area contributed by atoms with Gasteiger partial charge in [-0.2, -0.15) is 0 Å². The quantitative estimate of drug-likeness (QED) is 0.631. The summed E-state index contributed by atoms with van der Waals surface area (Å²) >= 11 is 0. The van der Waals surface area contributed by atoms with Crippen LogP contribution >= 0.6 is 12.4 Å². The number of likely N-dealkylation sites (N-methyl/N-ethyl adjacent to an activating group) is 1. The van der Waals surface area contributed by atoms with Crippen LogP contribution in [-0.2, 0) is 4.74 Å². The van der Waals surface area contributed by atoms with E-state index in [-0.39, 0.29) is 12.4 Å². The fourth-order valence-electron chi connectivity index (χ4n) is 0.984. The van der Waals surface area contributed by atoms with Gasteiger partial charge in [0, 0.05) is 12.6 Å². The Hall–Kier alpha value is 0.210. The minimum absolute atomic E-state index is 0. The Morgan fingerprint density at radius 3 is 2.89 bits per heavy atom. The standard InChI is InChI=1S/C6H13NO.ClH/c1-2-7-6-3-4-8-5-6;/h6-7H,2-5H2,1H3;1H/t6-;/m0./s1. The van der Waals surface area contributed by atoms with E-state index in [2.05, 4.69) is 12.2 Å². The molecule has 0 aromatic carbocycles. The van der Waals surface area contributed by atoms with Crippen LogP contribution in [0.5, 0.6) is 0 Å². The molecular formula is C6H14ClNO. The van der Waals surface area contributed by atoms with Crippen LogP contribution in [0, 0.1) is 0 Å². The summed E-state index contributed by atoms with van der Waals surface area (Å²) in [5, 5.41) is 3.32. The van der Waals surface area contributed by atoms with E-state index in [0.29, 0.717) is 6.04 Å². The molecule has 56 valence electrons. The van der Waals surface area contributed by atoms with Crippen LogP contribution in [0.4, 0.5) is 0 Å². The van der Waals surface area contributed by atoms with Crippen LogP contribution in [0.3, 0.4) is 0 Å². The van der Waals surface area contributed by atoms with Gasteiger partial charge in [-0.05, 0) is 13.0 Å². The number of halogens is 1. The van der Waals surface area contributed by atoms with Gasteiger partial charge in [-0.25, -0.2) is 0 Å². The molecule has 0 aromatic heterocycles. The predicted octanol–water partition coefficient (Wildman–Crippen LogP) is 0.807. The van der Waals surface area contributed by atoms with Crippen LogP contribution in [0.25, 0.3) is 0 Å². The van der Waals surface area contributed by atoms with Gasteiger partial charge in [-0.3, -0.25) is 0 Å². The normalized spacial score (nSPS) is 25.7. The van der Waals surface area contributed by atoms with Crippen LogP contribution in [0.2, 0.25) is 0 Å². The fraction of sp³-hybridized carbons (Fsp3) is 1.00. The van der Waals surface area contributed by atoms with Gasteiger partial charge < -0.3 is 10.1 Å². The van der Waals surface area contributed by atoms with Crippen molar-refractivity contribution in [1.29, 1.82) is 0 Å². The van der Waals surface area contributed by atoms with E-state index >= 15 is 0 Å². The lowest BCUT2D eigenvalue weighted by atomic mass is 10.3. The number of hydrogen-bond donors (Lipinski definition) is 1. The van der Waals surface area contributed by atoms with Gasteiger partial charge in [0.25, 0.3) is 0 Å². The minimum Gasteiger partial charge on any atom is -0.380 e. The molecule has 2 nitrogen and oxygen atoms in total. The number of ether oxygens (including phenoxy) is 1. The van der Waals surface area contributed by atoms with E-state index in [1.165, 1.54) is 6.42 Å². The van der Waals surface area contributed by atoms with E-state index in [1.54, 1.807) is 0 Å². The maximum atomic E-state index is 5.15. The van der Waals surface area contributed by atoms with Gasteiger partial charge in [0.05, 0.1) is 6.61 Å². The highest BCUT2D eigenvalue weighted by Crippen LogP contribution is 2.01. The monoisotopic (exact) mass is 151 g/mol. The average Bonchev–Trinajstić information content (AvgIpc) is 2.19. The molecule has 0 amide bonds. The summed E-state index contributed by atoms with van der Waals surface area (Å²) in [5.41, 5.74) is 0. The van der Waals surface area contributed by atoms with E-state index < -0.39 is 0 Å². The maximum absolute atomic E-state index is 5.15. The summed E-state index contributed by atoms with van der Waals surface area (Å²) in [6, 6.07) is 0.639. The molecule has 0 bridgehead atoms. The summed E-state index contributed by atoms with van der Waals surface area (Å²) in [5.74, 6) is 0. The molecule has 9 heavy (non-hydrogen) atoms. The first-order valence-electron chi connectivity index (χ1n) is 3.24. The average molecular weight is 152 g/mol. The van der Waals surface area contributed by atoms with Gasteiger partial charge in [0.15, 0.2) is 0 Å². The second-order valence-corrected chi connectivity index (χ2v) is 2.12. The van der Waals surface area contributed by atoms with Gasteiger partial charge >= 0.3 is 0 Å². The summed E-state index contributed by atoms with van der Waals surface area (Å²) in [6.45, 7) is 5.04. The number of rotatable bonds is 2. The lowest BCUT2D eigenvalue weighted by molar-refractivity contribution is 0.190. The molecule has 1 aliphatic heterocycles. The second-order valence-electron chi connectivity index (χ2n) is 2.12. The van der Waals surface area contributed by atoms with Crippen molar-refractivity contribution in [1.82, 2.24) is 5.32 Å². The van der Waals surface area contributed by atoms with Crippen molar-refractivity contribution in [2.45, 2.75) is 19.4 Å². The van der Waals surface area contributed by atoms with Crippen LogP contribution in [0.1, 0.15) is 13.3 Å². The van der Waals surface area contributed by atoms with Crippen LogP contribution in [0.15, 0.2) is 0 Å². The van der Waals surface area contributed by atoms with Gasteiger partial charge in [0.1, 0.15) is 0 Å². The van der Waals surface area contributed by atoms with Crippen molar-refractivity contribution in [3.8, 4) is 0 Å². The zero-order chi connectivity index (χ0) is 5.82. The fourth-order valence-corrected chi connectivity index (χ4v) is 0.984. The minimum atomic E-state index is 0. The maximum Gasteiger partial charge on any atom is 0.0620 e. The van der Waals surface area contributed by atoms with E-state index in [1.807, 2.05) is 0 Å². The van der Waals surface area contributed by atoms with Crippen molar-refractivity contribution in [3.05, 3.63) is 0 Å². The van der Waals surface area contributed by atoms with Gasteiger partial charge in [-0.15, -0.1) is 12.4 Å². The van der Waals surface area contributed by atoms with Crippen LogP contribution < -0.4 is 5.32 Å². The second kappa shape index (κ2) is 5.03. The van der Waals surface area contributed by atoms with Crippen LogP contribution in [-0.4, -0.2) is 25.8 Å². The molecular weight excluding hydrogens is 138 g/mol. The van der Waals surface area contributed by atoms with Crippen molar-refractivity contribution in [2.24, 2.45) is 0 Å². The van der Waals surface area contributed by atoms with Crippen molar-refractivity contribution in [2.75, 3.05) is 19.8 Å². The highest BCUT2D eigenvalue weighted by atomic mass is 35.5. The number of hydrogen-bond acceptors (Lipinski definition) is 2. The summed E-state index contributed by atoms with van der Waals surface area (Å²) < 4.78 is 5.15. The Balaban J connectivity index is 0.000000640. The Bertz CT molecular complexity index is 64.1. The first kappa shape index (κ1) is 9.21. The first-order valence-corrected chi connectivity index (χ1v) is 3.24. The van der Waals surface area contributed by atoms with E-state index in [9.17, 15) is 0 Å². The molecule has 3 heteroatoms. The lowest BCUT2D eigenvalue weighted by Crippen LogP contribution is -2.28. The third-order valence-corrected chi connectivity index (χ3v) is 1.42. The topological polar surface area (TPSA) is 21.3 Å². The van der Waals surface area contributed by atoms with Gasteiger partial charge in [-0.1, -0.05) is 6.92 Å². The molecule has 1 rings (SSSR count). The molecule has 1 saturated heterocycles. The lowest BCUT2D eigenvalue weighted by Gasteiger charge is -2.05. The summed E-state index contributed by atoms with van der Waals surface area (Å²) in [7, 11) is 0. The molecule has 1 fully saturated rings.